The molecule has 0 aliphatic rings. The van der Waals surface area contributed by atoms with Gasteiger partial charge in [0.1, 0.15) is 5.75 Å². The fraction of sp³-hybridized carbons (Fsp3) is 0.524. The SMILES string of the molecule is CNCCCCCCCCCCOc1ccc2cc(Br)ccc2c1. The van der Waals surface area contributed by atoms with Crippen LogP contribution in [0.2, 0.25) is 0 Å². The lowest BCUT2D eigenvalue weighted by molar-refractivity contribution is 0.304. The molecule has 0 amide bonds. The fourth-order valence-corrected chi connectivity index (χ4v) is 3.32. The molecular weight excluding hydrogens is 362 g/mol. The number of hydrogen-bond acceptors (Lipinski definition) is 2. The van der Waals surface area contributed by atoms with Gasteiger partial charge in [-0.05, 0) is 61.5 Å². The van der Waals surface area contributed by atoms with Crippen molar-refractivity contribution in [2.45, 2.75) is 51.4 Å². The first-order chi connectivity index (χ1) is 11.8. The first-order valence-electron chi connectivity index (χ1n) is 9.26. The summed E-state index contributed by atoms with van der Waals surface area (Å²) in [5.74, 6) is 0.981. The average Bonchev–Trinajstić information content (AvgIpc) is 2.59. The maximum Gasteiger partial charge on any atom is 0.119 e. The highest BCUT2D eigenvalue weighted by molar-refractivity contribution is 9.10. The molecule has 132 valence electrons. The van der Waals surface area contributed by atoms with Gasteiger partial charge < -0.3 is 10.1 Å². The summed E-state index contributed by atoms with van der Waals surface area (Å²) in [7, 11) is 2.03. The maximum atomic E-state index is 5.90. The molecule has 0 fully saturated rings. The van der Waals surface area contributed by atoms with Crippen LogP contribution >= 0.6 is 15.9 Å². The molecule has 1 N–H and O–H groups in total. The highest BCUT2D eigenvalue weighted by Gasteiger charge is 1.99. The number of halogens is 1. The molecule has 0 aromatic heterocycles. The van der Waals surface area contributed by atoms with E-state index in [1.165, 1.54) is 55.7 Å². The van der Waals surface area contributed by atoms with E-state index >= 15 is 0 Å². The van der Waals surface area contributed by atoms with Crippen LogP contribution in [0.1, 0.15) is 51.4 Å². The van der Waals surface area contributed by atoms with Crippen molar-refractivity contribution >= 4 is 26.7 Å². The summed E-state index contributed by atoms with van der Waals surface area (Å²) in [5.41, 5.74) is 0. The standard InChI is InChI=1S/C21H30BrNO/c1-23-14-8-6-4-2-3-5-7-9-15-24-21-13-11-18-16-20(22)12-10-19(18)17-21/h10-13,16-17,23H,2-9,14-15H2,1H3. The Balaban J connectivity index is 1.54. The van der Waals surface area contributed by atoms with E-state index in [4.69, 9.17) is 4.74 Å². The molecule has 0 heterocycles. The van der Waals surface area contributed by atoms with Crippen molar-refractivity contribution in [3.05, 3.63) is 40.9 Å². The topological polar surface area (TPSA) is 21.3 Å². The van der Waals surface area contributed by atoms with Crippen molar-refractivity contribution < 1.29 is 4.74 Å². The third-order valence-corrected chi connectivity index (χ3v) is 4.86. The smallest absolute Gasteiger partial charge is 0.119 e. The summed E-state index contributed by atoms with van der Waals surface area (Å²) in [6.07, 6.45) is 10.6. The van der Waals surface area contributed by atoms with Crippen LogP contribution < -0.4 is 10.1 Å². The van der Waals surface area contributed by atoms with Gasteiger partial charge in [0.05, 0.1) is 6.61 Å². The van der Waals surface area contributed by atoms with Crippen LogP contribution in [0, 0.1) is 0 Å². The van der Waals surface area contributed by atoms with E-state index in [1.807, 2.05) is 7.05 Å². The maximum absolute atomic E-state index is 5.90. The van der Waals surface area contributed by atoms with Crippen LogP contribution in [0.5, 0.6) is 5.75 Å². The molecule has 0 saturated carbocycles. The minimum Gasteiger partial charge on any atom is -0.494 e. The Morgan fingerprint density at radius 2 is 1.42 bits per heavy atom. The highest BCUT2D eigenvalue weighted by atomic mass is 79.9. The van der Waals surface area contributed by atoms with Crippen molar-refractivity contribution in [2.75, 3.05) is 20.2 Å². The summed E-state index contributed by atoms with van der Waals surface area (Å²) in [6.45, 7) is 1.98. The first-order valence-corrected chi connectivity index (χ1v) is 10.1. The van der Waals surface area contributed by atoms with Crippen LogP contribution in [-0.2, 0) is 0 Å². The zero-order valence-corrected chi connectivity index (χ0v) is 16.4. The van der Waals surface area contributed by atoms with Crippen LogP contribution in [0.4, 0.5) is 0 Å². The Kier molecular flexibility index (Phi) is 9.22. The van der Waals surface area contributed by atoms with Crippen molar-refractivity contribution in [1.29, 1.82) is 0 Å². The molecule has 0 radical (unpaired) electrons. The summed E-state index contributed by atoms with van der Waals surface area (Å²) >= 11 is 3.51. The normalized spacial score (nSPS) is 11.1. The van der Waals surface area contributed by atoms with E-state index in [-0.39, 0.29) is 0 Å². The lowest BCUT2D eigenvalue weighted by atomic mass is 10.1. The molecule has 0 unspecified atom stereocenters. The number of unbranched alkanes of at least 4 members (excludes halogenated alkanes) is 7. The Morgan fingerprint density at radius 3 is 2.17 bits per heavy atom. The number of rotatable bonds is 12. The van der Waals surface area contributed by atoms with Crippen LogP contribution in [0.15, 0.2) is 40.9 Å². The minimum atomic E-state index is 0.824. The minimum absolute atomic E-state index is 0.824. The molecule has 24 heavy (non-hydrogen) atoms. The van der Waals surface area contributed by atoms with E-state index < -0.39 is 0 Å². The molecule has 0 saturated heterocycles. The zero-order valence-electron chi connectivity index (χ0n) is 14.8. The molecule has 0 aliphatic carbocycles. The fourth-order valence-electron chi connectivity index (χ4n) is 2.94. The zero-order chi connectivity index (χ0) is 17.0. The third kappa shape index (κ3) is 7.23. The van der Waals surface area contributed by atoms with Crippen molar-refractivity contribution in [3.63, 3.8) is 0 Å². The second kappa shape index (κ2) is 11.5. The lowest BCUT2D eigenvalue weighted by Crippen LogP contribution is -2.06. The Morgan fingerprint density at radius 1 is 0.792 bits per heavy atom. The van der Waals surface area contributed by atoms with Gasteiger partial charge in [-0.1, -0.05) is 66.6 Å². The van der Waals surface area contributed by atoms with Crippen LogP contribution in [0.3, 0.4) is 0 Å². The van der Waals surface area contributed by atoms with E-state index in [0.717, 1.165) is 29.8 Å². The quantitative estimate of drug-likeness (QED) is 0.427. The molecule has 2 aromatic rings. The van der Waals surface area contributed by atoms with Crippen LogP contribution in [0.25, 0.3) is 10.8 Å². The highest BCUT2D eigenvalue weighted by Crippen LogP contribution is 2.24. The number of hydrogen-bond donors (Lipinski definition) is 1. The number of benzene rings is 2. The largest absolute Gasteiger partial charge is 0.494 e. The summed E-state index contributed by atoms with van der Waals surface area (Å²) in [4.78, 5) is 0. The Labute approximate surface area is 155 Å². The van der Waals surface area contributed by atoms with Gasteiger partial charge in [0.2, 0.25) is 0 Å². The van der Waals surface area contributed by atoms with Crippen LogP contribution in [-0.4, -0.2) is 20.2 Å². The number of nitrogens with one attached hydrogen (secondary N) is 1. The van der Waals surface area contributed by atoms with Gasteiger partial charge in [-0.3, -0.25) is 0 Å². The van der Waals surface area contributed by atoms with Crippen molar-refractivity contribution in [3.8, 4) is 5.75 Å². The van der Waals surface area contributed by atoms with E-state index in [2.05, 4.69) is 57.6 Å². The van der Waals surface area contributed by atoms with Gasteiger partial charge in [0, 0.05) is 4.47 Å². The van der Waals surface area contributed by atoms with Crippen molar-refractivity contribution in [2.24, 2.45) is 0 Å². The molecule has 0 spiro atoms. The molecule has 2 aromatic carbocycles. The number of ether oxygens (including phenoxy) is 1. The second-order valence-corrected chi connectivity index (χ2v) is 7.35. The predicted molar refractivity (Wildman–Crippen MR) is 108 cm³/mol. The first kappa shape index (κ1) is 19.3. The van der Waals surface area contributed by atoms with Crippen molar-refractivity contribution in [1.82, 2.24) is 5.32 Å². The summed E-state index contributed by atoms with van der Waals surface area (Å²) in [6, 6.07) is 12.7. The van der Waals surface area contributed by atoms with Gasteiger partial charge >= 0.3 is 0 Å². The monoisotopic (exact) mass is 391 g/mol. The van der Waals surface area contributed by atoms with E-state index in [0.29, 0.717) is 0 Å². The second-order valence-electron chi connectivity index (χ2n) is 6.43. The third-order valence-electron chi connectivity index (χ3n) is 4.36. The van der Waals surface area contributed by atoms with E-state index in [9.17, 15) is 0 Å². The van der Waals surface area contributed by atoms with Gasteiger partial charge in [0.25, 0.3) is 0 Å². The average molecular weight is 392 g/mol. The van der Waals surface area contributed by atoms with Gasteiger partial charge in [-0.15, -0.1) is 0 Å². The summed E-state index contributed by atoms with van der Waals surface area (Å²) < 4.78 is 7.01. The summed E-state index contributed by atoms with van der Waals surface area (Å²) in [5, 5.41) is 5.68. The molecule has 3 heteroatoms. The van der Waals surface area contributed by atoms with Gasteiger partial charge in [0.15, 0.2) is 0 Å². The molecular formula is C21H30BrNO. The molecule has 0 atom stereocenters. The lowest BCUT2D eigenvalue weighted by Gasteiger charge is -2.08. The number of fused-ring (bicyclic) bond motifs is 1. The molecule has 0 aliphatic heterocycles. The molecule has 0 bridgehead atoms. The van der Waals surface area contributed by atoms with Gasteiger partial charge in [-0.25, -0.2) is 0 Å². The Bertz CT molecular complexity index is 599. The molecule has 2 nitrogen and oxygen atoms in total. The molecule has 2 rings (SSSR count). The van der Waals surface area contributed by atoms with E-state index in [1.54, 1.807) is 0 Å². The Hall–Kier alpha value is -1.06. The van der Waals surface area contributed by atoms with Gasteiger partial charge in [-0.2, -0.15) is 0 Å². The predicted octanol–water partition coefficient (Wildman–Crippen LogP) is 6.32.